The molecule has 2 atom stereocenters. The van der Waals surface area contributed by atoms with Crippen molar-refractivity contribution in [3.05, 3.63) is 35.6 Å². The molecule has 0 radical (unpaired) electrons. The van der Waals surface area contributed by atoms with E-state index in [1.807, 2.05) is 0 Å². The van der Waals surface area contributed by atoms with Crippen molar-refractivity contribution in [2.45, 2.75) is 31.1 Å². The molecule has 20 heavy (non-hydrogen) atoms. The first-order chi connectivity index (χ1) is 9.16. The van der Waals surface area contributed by atoms with Gasteiger partial charge < -0.3 is 5.73 Å². The van der Waals surface area contributed by atoms with Gasteiger partial charge in [-0.25, -0.2) is 13.0 Å². The van der Waals surface area contributed by atoms with E-state index in [1.165, 1.54) is 13.1 Å². The van der Waals surface area contributed by atoms with Crippen LogP contribution in [0.4, 0.5) is 4.39 Å². The summed E-state index contributed by atoms with van der Waals surface area (Å²) in [5, 5.41) is 0. The molecule has 110 valence electrons. The summed E-state index contributed by atoms with van der Waals surface area (Å²) < 4.78 is 30.4. The number of rotatable bonds is 1. The first-order valence-electron chi connectivity index (χ1n) is 6.40. The average molecular weight is 297 g/mol. The maximum atomic E-state index is 14.1. The Hall–Kier alpha value is -1.43. The van der Waals surface area contributed by atoms with Crippen molar-refractivity contribution in [1.29, 1.82) is 0 Å². The Morgan fingerprint density at radius 1 is 1.35 bits per heavy atom. The van der Waals surface area contributed by atoms with Gasteiger partial charge in [0.1, 0.15) is 21.9 Å². The molecule has 0 aromatic heterocycles. The molecule has 0 saturated heterocycles. The topological polar surface area (TPSA) is 67.8 Å². The Kier molecular flexibility index (Phi) is 3.40. The Morgan fingerprint density at radius 3 is 2.50 bits per heavy atom. The Morgan fingerprint density at radius 2 is 1.95 bits per heavy atom. The Labute approximate surface area is 119 Å². The molecule has 6 heteroatoms. The summed E-state index contributed by atoms with van der Waals surface area (Å²) in [5.41, 5.74) is 5.46. The summed E-state index contributed by atoms with van der Waals surface area (Å²) in [6, 6.07) is 6.38. The van der Waals surface area contributed by atoms with Gasteiger partial charge in [0.15, 0.2) is 0 Å². The van der Waals surface area contributed by atoms with Gasteiger partial charge in [0.2, 0.25) is 0 Å². The lowest BCUT2D eigenvalue weighted by atomic mass is 9.93. The van der Waals surface area contributed by atoms with Crippen molar-refractivity contribution >= 4 is 15.6 Å². The maximum absolute atomic E-state index is 14.1. The zero-order valence-corrected chi connectivity index (χ0v) is 13.0. The number of nitrogens with two attached hydrogens (primary N) is 1. The van der Waals surface area contributed by atoms with Gasteiger partial charge >= 0.3 is 0 Å². The van der Waals surface area contributed by atoms with Crippen molar-refractivity contribution < 1.29 is 8.60 Å². The predicted octanol–water partition coefficient (Wildman–Crippen LogP) is 2.29. The molecule has 0 amide bonds. The molecule has 2 N–H and O–H groups in total. The fourth-order valence-electron chi connectivity index (χ4n) is 2.49. The van der Waals surface area contributed by atoms with E-state index >= 15 is 0 Å². The van der Waals surface area contributed by atoms with Crippen LogP contribution in [0.2, 0.25) is 0 Å². The second kappa shape index (κ2) is 4.55. The van der Waals surface area contributed by atoms with Crippen LogP contribution < -0.4 is 5.73 Å². The Balaban J connectivity index is 2.70. The van der Waals surface area contributed by atoms with E-state index in [9.17, 15) is 8.60 Å². The average Bonchev–Trinajstić information content (AvgIpc) is 2.37. The van der Waals surface area contributed by atoms with Crippen LogP contribution in [0.5, 0.6) is 0 Å². The summed E-state index contributed by atoms with van der Waals surface area (Å²) in [6.07, 6.45) is 0. The molecule has 1 aliphatic heterocycles. The van der Waals surface area contributed by atoms with E-state index in [1.54, 1.807) is 39.0 Å². The molecule has 1 heterocycles. The van der Waals surface area contributed by atoms with E-state index in [4.69, 9.17) is 5.73 Å². The lowest BCUT2D eigenvalue weighted by Gasteiger charge is -2.40. The smallest absolute Gasteiger partial charge is 0.128 e. The molecule has 0 fully saturated rings. The summed E-state index contributed by atoms with van der Waals surface area (Å²) in [6.45, 7) is 5.28. The van der Waals surface area contributed by atoms with Crippen LogP contribution in [0.3, 0.4) is 0 Å². The van der Waals surface area contributed by atoms with Crippen molar-refractivity contribution in [3.8, 4) is 0 Å². The van der Waals surface area contributed by atoms with Crippen LogP contribution in [0.15, 0.2) is 33.6 Å². The van der Waals surface area contributed by atoms with Crippen LogP contribution in [0.1, 0.15) is 26.3 Å². The van der Waals surface area contributed by atoms with Gasteiger partial charge in [-0.3, -0.25) is 4.99 Å². The van der Waals surface area contributed by atoms with E-state index < -0.39 is 20.0 Å². The van der Waals surface area contributed by atoms with E-state index in [2.05, 4.69) is 9.36 Å². The fourth-order valence-corrected chi connectivity index (χ4v) is 4.79. The van der Waals surface area contributed by atoms with Crippen molar-refractivity contribution in [1.82, 2.24) is 0 Å². The van der Waals surface area contributed by atoms with Crippen molar-refractivity contribution in [2.24, 2.45) is 15.1 Å². The quantitative estimate of drug-likeness (QED) is 0.864. The minimum atomic E-state index is -2.63. The number of amidine groups is 1. The zero-order chi connectivity index (χ0) is 15.2. The lowest BCUT2D eigenvalue weighted by molar-refractivity contribution is 0.491. The van der Waals surface area contributed by atoms with Crippen molar-refractivity contribution in [2.75, 3.05) is 12.8 Å². The van der Waals surface area contributed by atoms with Crippen LogP contribution in [0, 0.1) is 5.82 Å². The summed E-state index contributed by atoms with van der Waals surface area (Å²) in [4.78, 5) is 4.46. The van der Waals surface area contributed by atoms with Gasteiger partial charge in [-0.05, 0) is 26.8 Å². The van der Waals surface area contributed by atoms with E-state index in [0.717, 1.165) is 0 Å². The number of hydrogen-bond acceptors (Lipinski definition) is 4. The summed E-state index contributed by atoms with van der Waals surface area (Å²) >= 11 is 0. The molecule has 2 unspecified atom stereocenters. The third-order valence-electron chi connectivity index (χ3n) is 4.01. The molecule has 1 aliphatic rings. The molecule has 2 rings (SSSR count). The van der Waals surface area contributed by atoms with Gasteiger partial charge in [0, 0.05) is 12.6 Å². The van der Waals surface area contributed by atoms with E-state index in [-0.39, 0.29) is 17.4 Å². The van der Waals surface area contributed by atoms with Gasteiger partial charge in [-0.1, -0.05) is 18.2 Å². The van der Waals surface area contributed by atoms with Gasteiger partial charge in [0.25, 0.3) is 0 Å². The minimum Gasteiger partial charge on any atom is -0.386 e. The number of halogens is 1. The van der Waals surface area contributed by atoms with Crippen LogP contribution in [-0.2, 0) is 15.3 Å². The lowest BCUT2D eigenvalue weighted by Crippen LogP contribution is -2.54. The third kappa shape index (κ3) is 2.02. The zero-order valence-electron chi connectivity index (χ0n) is 12.2. The van der Waals surface area contributed by atoms with Gasteiger partial charge in [-0.15, -0.1) is 0 Å². The Bertz CT molecular complexity index is 689. The molecular formula is C14H20FN3OS. The van der Waals surface area contributed by atoms with Gasteiger partial charge in [0.05, 0.1) is 15.5 Å². The van der Waals surface area contributed by atoms with Crippen molar-refractivity contribution in [3.63, 3.8) is 0 Å². The molecule has 0 spiro atoms. The molecule has 1 aromatic rings. The standard InChI is InChI=1S/C14H20FN3OS/c1-13(2)12(16)18-14(3,9-20(13,19)17-4)10-7-5-6-8-11(10)15/h5-8H,9H2,1-4H3,(H2,16,18). The second-order valence-electron chi connectivity index (χ2n) is 5.73. The highest BCUT2D eigenvalue weighted by molar-refractivity contribution is 7.95. The molecule has 0 saturated carbocycles. The SMILES string of the molecule is CN=S1(=O)CC(C)(c2ccccc2F)N=C(N)C1(C)C. The van der Waals surface area contributed by atoms with Gasteiger partial charge in [-0.2, -0.15) is 0 Å². The highest BCUT2D eigenvalue weighted by Crippen LogP contribution is 2.38. The predicted molar refractivity (Wildman–Crippen MR) is 80.8 cm³/mol. The van der Waals surface area contributed by atoms with Crippen LogP contribution in [0.25, 0.3) is 0 Å². The summed E-state index contributed by atoms with van der Waals surface area (Å²) in [7, 11) is -1.11. The largest absolute Gasteiger partial charge is 0.386 e. The third-order valence-corrected chi connectivity index (χ3v) is 7.35. The fraction of sp³-hybridized carbons (Fsp3) is 0.500. The summed E-state index contributed by atoms with van der Waals surface area (Å²) in [5.74, 6) is 0.0414. The first kappa shape index (κ1) is 15.0. The number of nitrogens with zero attached hydrogens (tertiary/aromatic N) is 2. The monoisotopic (exact) mass is 297 g/mol. The maximum Gasteiger partial charge on any atom is 0.128 e. The molecule has 0 bridgehead atoms. The number of aliphatic imine (C=N–C) groups is 1. The first-order valence-corrected chi connectivity index (χ1v) is 8.08. The second-order valence-corrected chi connectivity index (χ2v) is 8.68. The molecular weight excluding hydrogens is 277 g/mol. The highest BCUT2D eigenvalue weighted by Gasteiger charge is 2.47. The molecule has 4 nitrogen and oxygen atoms in total. The van der Waals surface area contributed by atoms with Crippen LogP contribution >= 0.6 is 0 Å². The van der Waals surface area contributed by atoms with Crippen LogP contribution in [-0.4, -0.2) is 27.6 Å². The minimum absolute atomic E-state index is 0.158. The van der Waals surface area contributed by atoms with E-state index in [0.29, 0.717) is 5.56 Å². The number of hydrogen-bond donors (Lipinski definition) is 1. The normalized spacial score (nSPS) is 32.5. The highest BCUT2D eigenvalue weighted by atomic mass is 32.2. The molecule has 1 aromatic carbocycles. The molecule has 0 aliphatic carbocycles. The number of benzene rings is 1.